The number of sulfonamides is 1. The summed E-state index contributed by atoms with van der Waals surface area (Å²) in [6.45, 7) is 0. The minimum Gasteiger partial charge on any atom is -0.277 e. The molecule has 2 rings (SSSR count). The maximum atomic E-state index is 13.1. The number of anilines is 1. The fourth-order valence-corrected chi connectivity index (χ4v) is 6.39. The van der Waals surface area contributed by atoms with Gasteiger partial charge in [-0.05, 0) is 78.1 Å². The molecule has 2 aromatic rings. The molecule has 3 nitrogen and oxygen atoms in total. The van der Waals surface area contributed by atoms with Crippen LogP contribution in [0.25, 0.3) is 0 Å². The number of rotatable bonds is 3. The van der Waals surface area contributed by atoms with E-state index in [9.17, 15) is 12.8 Å². The van der Waals surface area contributed by atoms with E-state index in [2.05, 4.69) is 68.4 Å². The predicted octanol–water partition coefficient (Wildman–Crippen LogP) is 5.68. The highest BCUT2D eigenvalue weighted by Gasteiger charge is 2.21. The molecule has 21 heavy (non-hydrogen) atoms. The Kier molecular flexibility index (Phi) is 5.51. The first-order valence-corrected chi connectivity index (χ1v) is 9.98. The van der Waals surface area contributed by atoms with Crippen LogP contribution in [0, 0.1) is 5.82 Å². The van der Waals surface area contributed by atoms with Crippen LogP contribution in [0.3, 0.4) is 0 Å². The summed E-state index contributed by atoms with van der Waals surface area (Å²) in [5, 5.41) is 0. The summed E-state index contributed by atoms with van der Waals surface area (Å²) < 4.78 is 42.4. The first-order chi connectivity index (χ1) is 9.70. The first-order valence-electron chi connectivity index (χ1n) is 5.33. The van der Waals surface area contributed by atoms with Crippen LogP contribution in [-0.4, -0.2) is 8.42 Å². The zero-order valence-electron chi connectivity index (χ0n) is 10.0. The van der Waals surface area contributed by atoms with Crippen LogP contribution in [0.5, 0.6) is 0 Å². The smallest absolute Gasteiger partial charge is 0.263 e. The van der Waals surface area contributed by atoms with E-state index in [1.807, 2.05) is 0 Å². The van der Waals surface area contributed by atoms with Crippen molar-refractivity contribution in [3.05, 3.63) is 54.0 Å². The van der Waals surface area contributed by atoms with Crippen molar-refractivity contribution in [1.82, 2.24) is 0 Å². The van der Waals surface area contributed by atoms with E-state index >= 15 is 0 Å². The summed E-state index contributed by atoms with van der Waals surface area (Å²) >= 11 is 12.9. The van der Waals surface area contributed by atoms with Crippen LogP contribution in [0.15, 0.2) is 53.1 Å². The minimum atomic E-state index is -3.86. The third kappa shape index (κ3) is 4.07. The second kappa shape index (κ2) is 6.66. The second-order valence-corrected chi connectivity index (χ2v) is 9.05. The van der Waals surface area contributed by atoms with Crippen molar-refractivity contribution in [3.63, 3.8) is 0 Å². The molecule has 0 fully saturated rings. The molecule has 112 valence electrons. The third-order valence-corrected chi connectivity index (χ3v) is 6.46. The predicted molar refractivity (Wildman–Crippen MR) is 94.5 cm³/mol. The fraction of sp³-hybridized carbons (Fsp3) is 0. The highest BCUT2D eigenvalue weighted by Crippen LogP contribution is 2.36. The lowest BCUT2D eigenvalue weighted by atomic mass is 10.3. The second-order valence-electron chi connectivity index (χ2n) is 3.92. The molecule has 0 aliphatic heterocycles. The summed E-state index contributed by atoms with van der Waals surface area (Å²) in [6.07, 6.45) is 0. The monoisotopic (exact) mass is 563 g/mol. The molecule has 0 saturated carbocycles. The fourth-order valence-electron chi connectivity index (χ4n) is 1.52. The van der Waals surface area contributed by atoms with Gasteiger partial charge in [0, 0.05) is 17.9 Å². The van der Waals surface area contributed by atoms with Gasteiger partial charge in [0.25, 0.3) is 10.0 Å². The summed E-state index contributed by atoms with van der Waals surface area (Å²) in [5.41, 5.74) is 0.356. The van der Waals surface area contributed by atoms with Crippen molar-refractivity contribution in [2.45, 2.75) is 4.90 Å². The molecule has 0 amide bonds. The lowest BCUT2D eigenvalue weighted by Crippen LogP contribution is -2.14. The molecule has 0 saturated heterocycles. The van der Waals surface area contributed by atoms with Crippen molar-refractivity contribution in [1.29, 1.82) is 0 Å². The minimum absolute atomic E-state index is 0.0504. The third-order valence-electron chi connectivity index (χ3n) is 2.43. The van der Waals surface area contributed by atoms with Crippen LogP contribution in [0.2, 0.25) is 0 Å². The average Bonchev–Trinajstić information content (AvgIpc) is 2.33. The van der Waals surface area contributed by atoms with Crippen molar-refractivity contribution < 1.29 is 12.8 Å². The number of benzene rings is 2. The molecular weight excluding hydrogens is 561 g/mol. The van der Waals surface area contributed by atoms with Gasteiger partial charge in [-0.25, -0.2) is 12.8 Å². The quantitative estimate of drug-likeness (QED) is 0.520. The van der Waals surface area contributed by atoms with Crippen molar-refractivity contribution in [2.75, 3.05) is 4.72 Å². The van der Waals surface area contributed by atoms with Gasteiger partial charge in [0.1, 0.15) is 10.7 Å². The van der Waals surface area contributed by atoms with E-state index < -0.39 is 15.8 Å². The number of hydrogen-bond donors (Lipinski definition) is 1. The van der Waals surface area contributed by atoms with E-state index in [0.29, 0.717) is 14.6 Å². The number of hydrogen-bond acceptors (Lipinski definition) is 2. The van der Waals surface area contributed by atoms with E-state index in [1.54, 1.807) is 12.1 Å². The summed E-state index contributed by atoms with van der Waals surface area (Å²) in [4.78, 5) is -0.0504. The standard InChI is InChI=1S/C12H6Br4FNO2S/c13-6-3-9(15)12(10(16)4-6)18-21(19,20)11-2-1-7(17)5-8(11)14/h1-5,18H. The molecule has 9 heteroatoms. The SMILES string of the molecule is O=S(=O)(Nc1c(Br)cc(Br)cc1Br)c1ccc(F)cc1Br. The van der Waals surface area contributed by atoms with E-state index in [4.69, 9.17) is 0 Å². The van der Waals surface area contributed by atoms with Gasteiger partial charge in [-0.1, -0.05) is 15.9 Å². The zero-order chi connectivity index (χ0) is 15.8. The Morgan fingerprint density at radius 1 is 0.905 bits per heavy atom. The Labute approximate surface area is 154 Å². The summed E-state index contributed by atoms with van der Waals surface area (Å²) in [5.74, 6) is -0.521. The Bertz CT molecular complexity index is 788. The largest absolute Gasteiger partial charge is 0.277 e. The van der Waals surface area contributed by atoms with Gasteiger partial charge in [0.05, 0.1) is 5.69 Å². The highest BCUT2D eigenvalue weighted by atomic mass is 79.9. The molecule has 0 spiro atoms. The molecule has 0 atom stereocenters. The van der Waals surface area contributed by atoms with Gasteiger partial charge >= 0.3 is 0 Å². The van der Waals surface area contributed by atoms with Gasteiger partial charge in [-0.2, -0.15) is 0 Å². The van der Waals surface area contributed by atoms with Gasteiger partial charge in [-0.3, -0.25) is 4.72 Å². The van der Waals surface area contributed by atoms with Gasteiger partial charge in [-0.15, -0.1) is 0 Å². The summed E-state index contributed by atoms with van der Waals surface area (Å²) in [6, 6.07) is 6.80. The highest BCUT2D eigenvalue weighted by molar-refractivity contribution is 9.11. The van der Waals surface area contributed by atoms with Gasteiger partial charge < -0.3 is 0 Å². The Morgan fingerprint density at radius 2 is 1.48 bits per heavy atom. The van der Waals surface area contributed by atoms with Crippen LogP contribution in [0.4, 0.5) is 10.1 Å². The van der Waals surface area contributed by atoms with Crippen LogP contribution < -0.4 is 4.72 Å². The topological polar surface area (TPSA) is 46.2 Å². The Hall–Kier alpha value is 0.0400. The number of nitrogens with one attached hydrogen (secondary N) is 1. The van der Waals surface area contributed by atoms with E-state index in [1.165, 1.54) is 6.07 Å². The molecule has 0 bridgehead atoms. The van der Waals surface area contributed by atoms with Crippen LogP contribution >= 0.6 is 63.7 Å². The van der Waals surface area contributed by atoms with Crippen LogP contribution in [0.1, 0.15) is 0 Å². The molecular formula is C12H6Br4FNO2S. The molecule has 0 aliphatic rings. The molecule has 0 aromatic heterocycles. The van der Waals surface area contributed by atoms with E-state index in [0.717, 1.165) is 16.6 Å². The summed E-state index contributed by atoms with van der Waals surface area (Å²) in [7, 11) is -3.86. The normalized spacial score (nSPS) is 11.5. The zero-order valence-corrected chi connectivity index (χ0v) is 17.2. The van der Waals surface area contributed by atoms with Crippen molar-refractivity contribution >= 4 is 79.4 Å². The Balaban J connectivity index is 2.47. The molecule has 0 radical (unpaired) electrons. The first kappa shape index (κ1) is 17.4. The molecule has 1 N–H and O–H groups in total. The van der Waals surface area contributed by atoms with Crippen LogP contribution in [-0.2, 0) is 10.0 Å². The van der Waals surface area contributed by atoms with Crippen molar-refractivity contribution in [2.24, 2.45) is 0 Å². The lowest BCUT2D eigenvalue weighted by molar-refractivity contribution is 0.599. The van der Waals surface area contributed by atoms with Gasteiger partial charge in [0.2, 0.25) is 0 Å². The average molecular weight is 567 g/mol. The maximum absolute atomic E-state index is 13.1. The molecule has 0 unspecified atom stereocenters. The lowest BCUT2D eigenvalue weighted by Gasteiger charge is -2.13. The Morgan fingerprint density at radius 3 is 2.00 bits per heavy atom. The molecule has 0 heterocycles. The molecule has 0 aliphatic carbocycles. The maximum Gasteiger partial charge on any atom is 0.263 e. The molecule has 2 aromatic carbocycles. The number of halogens is 5. The van der Waals surface area contributed by atoms with Gasteiger partial charge in [0.15, 0.2) is 0 Å². The van der Waals surface area contributed by atoms with Crippen molar-refractivity contribution in [3.8, 4) is 0 Å². The van der Waals surface area contributed by atoms with E-state index in [-0.39, 0.29) is 9.37 Å².